The van der Waals surface area contributed by atoms with Gasteiger partial charge in [0.05, 0.1) is 4.92 Å². The molecule has 15 heavy (non-hydrogen) atoms. The van der Waals surface area contributed by atoms with Crippen molar-refractivity contribution >= 4 is 17.3 Å². The molecule has 0 aromatic heterocycles. The minimum Gasteiger partial charge on any atom is -0.258 e. The van der Waals surface area contributed by atoms with Crippen LogP contribution in [0.5, 0.6) is 0 Å². The van der Waals surface area contributed by atoms with E-state index in [1.165, 1.54) is 0 Å². The van der Waals surface area contributed by atoms with E-state index in [1.807, 2.05) is 0 Å². The van der Waals surface area contributed by atoms with Crippen LogP contribution in [-0.4, -0.2) is 10.8 Å². The highest BCUT2D eigenvalue weighted by molar-refractivity contribution is 6.18. The number of alkyl halides is 1. The summed E-state index contributed by atoms with van der Waals surface area (Å²) >= 11 is 5.46. The Morgan fingerprint density at radius 1 is 1.53 bits per heavy atom. The van der Waals surface area contributed by atoms with Gasteiger partial charge in [-0.3, -0.25) is 10.1 Å². The van der Waals surface area contributed by atoms with E-state index in [2.05, 4.69) is 11.8 Å². The minimum atomic E-state index is -0.403. The molecule has 0 heterocycles. The number of hydrogen-bond acceptors (Lipinski definition) is 2. The number of nitro groups is 1. The third-order valence-electron chi connectivity index (χ3n) is 1.86. The monoisotopic (exact) mass is 223 g/mol. The Kier molecular flexibility index (Phi) is 4.14. The second kappa shape index (κ2) is 5.38. The summed E-state index contributed by atoms with van der Waals surface area (Å²) < 4.78 is 0. The van der Waals surface area contributed by atoms with E-state index in [0.717, 1.165) is 0 Å². The molecule has 0 bridgehead atoms. The molecule has 1 aromatic rings. The molecular weight excluding hydrogens is 214 g/mol. The third kappa shape index (κ3) is 2.97. The van der Waals surface area contributed by atoms with Gasteiger partial charge in [-0.1, -0.05) is 24.0 Å². The van der Waals surface area contributed by atoms with Crippen LogP contribution in [0.4, 0.5) is 5.69 Å². The molecule has 0 saturated carbocycles. The summed E-state index contributed by atoms with van der Waals surface area (Å²) in [6.45, 7) is 1.70. The van der Waals surface area contributed by atoms with Crippen LogP contribution in [0.15, 0.2) is 18.2 Å². The van der Waals surface area contributed by atoms with E-state index in [4.69, 9.17) is 11.6 Å². The predicted molar refractivity (Wildman–Crippen MR) is 60.0 cm³/mol. The van der Waals surface area contributed by atoms with Gasteiger partial charge in [-0.2, -0.15) is 0 Å². The first-order valence-corrected chi connectivity index (χ1v) is 4.99. The summed E-state index contributed by atoms with van der Waals surface area (Å²) in [6, 6.07) is 5.10. The van der Waals surface area contributed by atoms with Gasteiger partial charge in [0, 0.05) is 17.9 Å². The Balaban J connectivity index is 3.13. The molecule has 0 atom stereocenters. The lowest BCUT2D eigenvalue weighted by Crippen LogP contribution is -1.95. The average molecular weight is 224 g/mol. The van der Waals surface area contributed by atoms with Gasteiger partial charge < -0.3 is 0 Å². The summed E-state index contributed by atoms with van der Waals surface area (Å²) in [6.07, 6.45) is 0.534. The van der Waals surface area contributed by atoms with Crippen molar-refractivity contribution in [2.24, 2.45) is 0 Å². The summed E-state index contributed by atoms with van der Waals surface area (Å²) in [5.74, 6) is 5.98. The molecule has 0 N–H and O–H groups in total. The van der Waals surface area contributed by atoms with Crippen LogP contribution in [0.1, 0.15) is 17.5 Å². The fraction of sp³-hybridized carbons (Fsp3) is 0.273. The summed E-state index contributed by atoms with van der Waals surface area (Å²) in [4.78, 5) is 10.4. The van der Waals surface area contributed by atoms with Crippen molar-refractivity contribution in [2.45, 2.75) is 13.3 Å². The Hall–Kier alpha value is -1.53. The molecule has 1 rings (SSSR count). The van der Waals surface area contributed by atoms with E-state index < -0.39 is 4.92 Å². The summed E-state index contributed by atoms with van der Waals surface area (Å²) in [7, 11) is 0. The van der Waals surface area contributed by atoms with Gasteiger partial charge in [0.2, 0.25) is 0 Å². The normalized spacial score (nSPS) is 9.20. The van der Waals surface area contributed by atoms with Crippen molar-refractivity contribution in [3.05, 3.63) is 39.4 Å². The molecule has 0 amide bonds. The maximum absolute atomic E-state index is 10.8. The third-order valence-corrected chi connectivity index (χ3v) is 2.05. The van der Waals surface area contributed by atoms with Crippen LogP contribution in [0.2, 0.25) is 0 Å². The molecule has 0 aliphatic heterocycles. The van der Waals surface area contributed by atoms with Crippen molar-refractivity contribution in [1.29, 1.82) is 0 Å². The van der Waals surface area contributed by atoms with Gasteiger partial charge in [-0.25, -0.2) is 0 Å². The van der Waals surface area contributed by atoms with Crippen LogP contribution < -0.4 is 0 Å². The van der Waals surface area contributed by atoms with Crippen LogP contribution in [0, 0.1) is 28.9 Å². The molecule has 0 aliphatic rings. The number of benzene rings is 1. The first-order chi connectivity index (χ1) is 7.16. The van der Waals surface area contributed by atoms with E-state index in [1.54, 1.807) is 25.1 Å². The van der Waals surface area contributed by atoms with E-state index in [9.17, 15) is 10.1 Å². The molecule has 4 heteroatoms. The molecule has 0 radical (unpaired) electrons. The highest BCUT2D eigenvalue weighted by Gasteiger charge is 2.14. The molecule has 0 saturated heterocycles. The smallest absolute Gasteiger partial charge is 0.258 e. The molecule has 0 fully saturated rings. The Labute approximate surface area is 93.2 Å². The molecule has 1 aromatic carbocycles. The fourth-order valence-corrected chi connectivity index (χ4v) is 1.30. The SMILES string of the molecule is Cc1cccc(C#CCCCl)c1[N+](=O)[O-]. The minimum absolute atomic E-state index is 0.0829. The Morgan fingerprint density at radius 3 is 2.87 bits per heavy atom. The van der Waals surface area contributed by atoms with Gasteiger partial charge in [0.25, 0.3) is 5.69 Å². The van der Waals surface area contributed by atoms with Gasteiger partial charge in [-0.05, 0) is 13.0 Å². The zero-order chi connectivity index (χ0) is 11.3. The molecule has 0 unspecified atom stereocenters. The predicted octanol–water partition coefficient (Wildman–Crippen LogP) is 2.88. The van der Waals surface area contributed by atoms with Crippen molar-refractivity contribution in [2.75, 3.05) is 5.88 Å². The molecule has 3 nitrogen and oxygen atoms in total. The van der Waals surface area contributed by atoms with E-state index in [-0.39, 0.29) is 5.69 Å². The van der Waals surface area contributed by atoms with Gasteiger partial charge in [0.1, 0.15) is 5.56 Å². The van der Waals surface area contributed by atoms with Gasteiger partial charge >= 0.3 is 0 Å². The molecule has 78 valence electrons. The van der Waals surface area contributed by atoms with Crippen LogP contribution in [0.3, 0.4) is 0 Å². The molecule has 0 spiro atoms. The first-order valence-electron chi connectivity index (χ1n) is 4.45. The topological polar surface area (TPSA) is 43.1 Å². The number of aryl methyl sites for hydroxylation is 1. The summed E-state index contributed by atoms with van der Waals surface area (Å²) in [5, 5.41) is 10.8. The number of halogens is 1. The second-order valence-electron chi connectivity index (χ2n) is 2.97. The standard InChI is InChI=1S/C11H10ClNO2/c1-9-5-4-7-10(6-2-3-8-12)11(9)13(14)15/h4-5,7H,3,8H2,1H3. The number of nitro benzene ring substituents is 1. The zero-order valence-corrected chi connectivity index (χ0v) is 9.04. The van der Waals surface area contributed by atoms with Crippen LogP contribution >= 0.6 is 11.6 Å². The van der Waals surface area contributed by atoms with Crippen molar-refractivity contribution in [3.63, 3.8) is 0 Å². The lowest BCUT2D eigenvalue weighted by atomic mass is 10.1. The number of rotatable bonds is 2. The number of hydrogen-bond donors (Lipinski definition) is 0. The second-order valence-corrected chi connectivity index (χ2v) is 3.35. The highest BCUT2D eigenvalue weighted by atomic mass is 35.5. The van der Waals surface area contributed by atoms with Gasteiger partial charge in [-0.15, -0.1) is 11.6 Å². The Bertz CT molecular complexity index is 432. The lowest BCUT2D eigenvalue weighted by molar-refractivity contribution is -0.385. The zero-order valence-electron chi connectivity index (χ0n) is 8.29. The maximum Gasteiger partial charge on any atom is 0.287 e. The van der Waals surface area contributed by atoms with E-state index >= 15 is 0 Å². The molecular formula is C11H10ClNO2. The lowest BCUT2D eigenvalue weighted by Gasteiger charge is -1.98. The maximum atomic E-state index is 10.8. The van der Waals surface area contributed by atoms with Crippen LogP contribution in [0.25, 0.3) is 0 Å². The van der Waals surface area contributed by atoms with Gasteiger partial charge in [0.15, 0.2) is 0 Å². The highest BCUT2D eigenvalue weighted by Crippen LogP contribution is 2.21. The largest absolute Gasteiger partial charge is 0.287 e. The Morgan fingerprint density at radius 2 is 2.27 bits per heavy atom. The first kappa shape index (κ1) is 11.5. The van der Waals surface area contributed by atoms with Crippen molar-refractivity contribution in [3.8, 4) is 11.8 Å². The summed E-state index contributed by atoms with van der Waals surface area (Å²) in [5.41, 5.74) is 1.15. The van der Waals surface area contributed by atoms with E-state index in [0.29, 0.717) is 23.4 Å². The van der Waals surface area contributed by atoms with Crippen LogP contribution in [-0.2, 0) is 0 Å². The van der Waals surface area contributed by atoms with Crippen molar-refractivity contribution < 1.29 is 4.92 Å². The average Bonchev–Trinajstić information content (AvgIpc) is 2.17. The fourth-order valence-electron chi connectivity index (χ4n) is 1.21. The quantitative estimate of drug-likeness (QED) is 0.335. The van der Waals surface area contributed by atoms with Crippen molar-refractivity contribution in [1.82, 2.24) is 0 Å². The molecule has 0 aliphatic carbocycles. The number of nitrogens with zero attached hydrogens (tertiary/aromatic N) is 1. The number of para-hydroxylation sites is 1.